The second-order valence-corrected chi connectivity index (χ2v) is 7.06. The molecule has 0 radical (unpaired) electrons. The van der Waals surface area contributed by atoms with Crippen LogP contribution in [0.2, 0.25) is 0 Å². The molecule has 0 aliphatic heterocycles. The Labute approximate surface area is 163 Å². The number of carbonyl (C=O) groups is 2. The Hall–Kier alpha value is -3.16. The van der Waals surface area contributed by atoms with E-state index in [-0.39, 0.29) is 24.5 Å². The first-order valence-corrected chi connectivity index (χ1v) is 9.13. The van der Waals surface area contributed by atoms with Crippen LogP contribution in [0.5, 0.6) is 0 Å². The molecule has 0 fully saturated rings. The molecule has 3 aromatic heterocycles. The molecule has 28 heavy (non-hydrogen) atoms. The van der Waals surface area contributed by atoms with E-state index in [0.29, 0.717) is 28.1 Å². The molecular formula is C20H24N4O4. The van der Waals surface area contributed by atoms with Crippen LogP contribution in [0.4, 0.5) is 0 Å². The number of methoxy groups -OCH3 is 1. The van der Waals surface area contributed by atoms with Gasteiger partial charge in [0.1, 0.15) is 12.2 Å². The fourth-order valence-electron chi connectivity index (χ4n) is 2.97. The maximum atomic E-state index is 13.4. The molecule has 0 aliphatic carbocycles. The third-order valence-electron chi connectivity index (χ3n) is 4.47. The quantitative estimate of drug-likeness (QED) is 0.606. The Bertz CT molecular complexity index is 989. The van der Waals surface area contributed by atoms with Crippen molar-refractivity contribution in [2.75, 3.05) is 13.7 Å². The molecule has 0 unspecified atom stereocenters. The summed E-state index contributed by atoms with van der Waals surface area (Å²) in [5.41, 5.74) is 1.54. The summed E-state index contributed by atoms with van der Waals surface area (Å²) in [6, 6.07) is 5.11. The minimum atomic E-state index is -0.475. The van der Waals surface area contributed by atoms with Crippen LogP contribution in [0.25, 0.3) is 22.5 Å². The number of furan rings is 1. The summed E-state index contributed by atoms with van der Waals surface area (Å²) in [5, 5.41) is 5.03. The zero-order valence-electron chi connectivity index (χ0n) is 16.7. The van der Waals surface area contributed by atoms with Crippen molar-refractivity contribution in [2.24, 2.45) is 0 Å². The van der Waals surface area contributed by atoms with Crippen molar-refractivity contribution in [3.8, 4) is 11.5 Å². The van der Waals surface area contributed by atoms with Crippen LogP contribution in [0, 0.1) is 0 Å². The standard InChI is InChI=1S/C20H24N4O4/c1-12(2)23(11-18(25)27-5)20(26)14-9-16(17-7-6-8-28-17)22-19-15(14)10-21-24(19)13(3)4/h6-10,12-13H,11H2,1-5H3. The number of esters is 1. The number of amides is 1. The molecule has 1 amide bonds. The van der Waals surface area contributed by atoms with Gasteiger partial charge >= 0.3 is 5.97 Å². The maximum Gasteiger partial charge on any atom is 0.325 e. The molecule has 0 saturated carbocycles. The summed E-state index contributed by atoms with van der Waals surface area (Å²) >= 11 is 0. The monoisotopic (exact) mass is 384 g/mol. The van der Waals surface area contributed by atoms with Crippen molar-refractivity contribution < 1.29 is 18.7 Å². The topological polar surface area (TPSA) is 90.5 Å². The lowest BCUT2D eigenvalue weighted by Gasteiger charge is -2.26. The highest BCUT2D eigenvalue weighted by atomic mass is 16.5. The number of fused-ring (bicyclic) bond motifs is 1. The number of carbonyl (C=O) groups excluding carboxylic acids is 2. The lowest BCUT2D eigenvalue weighted by molar-refractivity contribution is -0.141. The second kappa shape index (κ2) is 7.84. The average molecular weight is 384 g/mol. The molecule has 0 aliphatic rings. The van der Waals surface area contributed by atoms with E-state index in [9.17, 15) is 9.59 Å². The van der Waals surface area contributed by atoms with Crippen molar-refractivity contribution in [3.05, 3.63) is 36.2 Å². The molecule has 0 saturated heterocycles. The molecular weight excluding hydrogens is 360 g/mol. The van der Waals surface area contributed by atoms with Gasteiger partial charge in [0.15, 0.2) is 11.4 Å². The molecule has 0 bridgehead atoms. The number of hydrogen-bond acceptors (Lipinski definition) is 6. The van der Waals surface area contributed by atoms with Crippen LogP contribution in [0.15, 0.2) is 35.1 Å². The van der Waals surface area contributed by atoms with Crippen LogP contribution in [0.1, 0.15) is 44.1 Å². The van der Waals surface area contributed by atoms with E-state index < -0.39 is 5.97 Å². The Balaban J connectivity index is 2.18. The lowest BCUT2D eigenvalue weighted by atomic mass is 10.1. The van der Waals surface area contributed by atoms with Crippen molar-refractivity contribution in [1.82, 2.24) is 19.7 Å². The predicted octanol–water partition coefficient (Wildman–Crippen LogP) is 3.30. The van der Waals surface area contributed by atoms with Gasteiger partial charge in [0.05, 0.1) is 30.5 Å². The molecule has 8 heteroatoms. The molecule has 8 nitrogen and oxygen atoms in total. The fourth-order valence-corrected chi connectivity index (χ4v) is 2.97. The van der Waals surface area contributed by atoms with Gasteiger partial charge < -0.3 is 14.1 Å². The van der Waals surface area contributed by atoms with Crippen molar-refractivity contribution in [1.29, 1.82) is 0 Å². The fraction of sp³-hybridized carbons (Fsp3) is 0.400. The third kappa shape index (κ3) is 3.62. The summed E-state index contributed by atoms with van der Waals surface area (Å²) in [4.78, 5) is 31.3. The van der Waals surface area contributed by atoms with E-state index in [1.165, 1.54) is 12.0 Å². The average Bonchev–Trinajstić information content (AvgIpc) is 3.33. The van der Waals surface area contributed by atoms with E-state index in [1.54, 1.807) is 35.3 Å². The zero-order chi connectivity index (χ0) is 20.4. The highest BCUT2D eigenvalue weighted by Gasteiger charge is 2.26. The molecule has 0 N–H and O–H groups in total. The van der Waals surface area contributed by atoms with Crippen LogP contribution >= 0.6 is 0 Å². The molecule has 0 spiro atoms. The summed E-state index contributed by atoms with van der Waals surface area (Å²) in [7, 11) is 1.30. The van der Waals surface area contributed by atoms with Crippen molar-refractivity contribution in [2.45, 2.75) is 39.8 Å². The SMILES string of the molecule is COC(=O)CN(C(=O)c1cc(-c2ccco2)nc2c1cnn2C(C)C)C(C)C. The number of nitrogens with zero attached hydrogens (tertiary/aromatic N) is 4. The molecule has 0 atom stereocenters. The minimum Gasteiger partial charge on any atom is -0.468 e. The van der Waals surface area contributed by atoms with E-state index in [0.717, 1.165) is 0 Å². The first kappa shape index (κ1) is 19.6. The largest absolute Gasteiger partial charge is 0.468 e. The lowest BCUT2D eigenvalue weighted by Crippen LogP contribution is -2.41. The van der Waals surface area contributed by atoms with E-state index in [4.69, 9.17) is 9.15 Å². The third-order valence-corrected chi connectivity index (χ3v) is 4.47. The molecule has 3 heterocycles. The van der Waals surface area contributed by atoms with Crippen LogP contribution in [-0.4, -0.2) is 51.2 Å². The van der Waals surface area contributed by atoms with Crippen molar-refractivity contribution in [3.63, 3.8) is 0 Å². The van der Waals surface area contributed by atoms with Gasteiger partial charge in [0.25, 0.3) is 5.91 Å². The molecule has 3 aromatic rings. The first-order chi connectivity index (χ1) is 13.3. The van der Waals surface area contributed by atoms with E-state index >= 15 is 0 Å². The van der Waals surface area contributed by atoms with Crippen LogP contribution in [0.3, 0.4) is 0 Å². The van der Waals surface area contributed by atoms with Gasteiger partial charge in [-0.1, -0.05) is 0 Å². The van der Waals surface area contributed by atoms with E-state index in [2.05, 4.69) is 10.1 Å². The van der Waals surface area contributed by atoms with Gasteiger partial charge in [-0.15, -0.1) is 0 Å². The van der Waals surface area contributed by atoms with Gasteiger partial charge in [0, 0.05) is 12.1 Å². The van der Waals surface area contributed by atoms with Gasteiger partial charge in [-0.2, -0.15) is 5.10 Å². The summed E-state index contributed by atoms with van der Waals surface area (Å²) in [6.45, 7) is 7.55. The number of aromatic nitrogens is 3. The zero-order valence-corrected chi connectivity index (χ0v) is 16.7. The van der Waals surface area contributed by atoms with Gasteiger partial charge in [0.2, 0.25) is 0 Å². The molecule has 3 rings (SSSR count). The Morgan fingerprint density at radius 2 is 2.04 bits per heavy atom. The van der Waals surface area contributed by atoms with Crippen LogP contribution in [-0.2, 0) is 9.53 Å². The summed E-state index contributed by atoms with van der Waals surface area (Å²) in [6.07, 6.45) is 3.19. The Morgan fingerprint density at radius 1 is 1.29 bits per heavy atom. The minimum absolute atomic E-state index is 0.0658. The normalized spacial score (nSPS) is 11.4. The second-order valence-electron chi connectivity index (χ2n) is 7.06. The van der Waals surface area contributed by atoms with Gasteiger partial charge in [-0.25, -0.2) is 9.67 Å². The molecule has 148 valence electrons. The number of hydrogen-bond donors (Lipinski definition) is 0. The number of ether oxygens (including phenoxy) is 1. The summed E-state index contributed by atoms with van der Waals surface area (Å²) in [5.74, 6) is -0.211. The van der Waals surface area contributed by atoms with Crippen molar-refractivity contribution >= 4 is 22.9 Å². The van der Waals surface area contributed by atoms with Gasteiger partial charge in [-0.3, -0.25) is 9.59 Å². The van der Waals surface area contributed by atoms with E-state index in [1.807, 2.05) is 27.7 Å². The first-order valence-electron chi connectivity index (χ1n) is 9.13. The highest BCUT2D eigenvalue weighted by molar-refractivity contribution is 6.07. The smallest absolute Gasteiger partial charge is 0.325 e. The number of rotatable bonds is 6. The predicted molar refractivity (Wildman–Crippen MR) is 104 cm³/mol. The Kier molecular flexibility index (Phi) is 5.48. The number of pyridine rings is 1. The molecule has 0 aromatic carbocycles. The highest BCUT2D eigenvalue weighted by Crippen LogP contribution is 2.28. The van der Waals surface area contributed by atoms with Crippen LogP contribution < -0.4 is 0 Å². The van der Waals surface area contributed by atoms with Gasteiger partial charge in [-0.05, 0) is 45.9 Å². The maximum absolute atomic E-state index is 13.4. The summed E-state index contributed by atoms with van der Waals surface area (Å²) < 4.78 is 12.0. The Morgan fingerprint density at radius 3 is 2.61 bits per heavy atom.